The molecule has 0 radical (unpaired) electrons. The van der Waals surface area contributed by atoms with Crippen LogP contribution < -0.4 is 15.1 Å². The van der Waals surface area contributed by atoms with E-state index in [9.17, 15) is 0 Å². The number of benzene rings is 1. The van der Waals surface area contributed by atoms with Gasteiger partial charge in [-0.05, 0) is 72.9 Å². The first-order chi connectivity index (χ1) is 15.6. The normalized spacial score (nSPS) is 17.9. The van der Waals surface area contributed by atoms with Crippen LogP contribution in [0.4, 0.5) is 11.4 Å². The summed E-state index contributed by atoms with van der Waals surface area (Å²) in [6.07, 6.45) is 5.68. The monoisotopic (exact) mass is 440 g/mol. The van der Waals surface area contributed by atoms with Crippen LogP contribution in [0.1, 0.15) is 23.5 Å². The Morgan fingerprint density at radius 2 is 1.62 bits per heavy atom. The molecule has 0 amide bonds. The molecule has 1 aliphatic heterocycles. The molecular formula is C25H24N6S. The van der Waals surface area contributed by atoms with Crippen LogP contribution in [-0.4, -0.2) is 33.7 Å². The zero-order valence-corrected chi connectivity index (χ0v) is 18.8. The summed E-state index contributed by atoms with van der Waals surface area (Å²) in [5.74, 6) is 0.869. The van der Waals surface area contributed by atoms with E-state index in [1.54, 1.807) is 0 Å². The average Bonchev–Trinajstić information content (AvgIpc) is 3.44. The van der Waals surface area contributed by atoms with Gasteiger partial charge in [-0.25, -0.2) is 4.98 Å². The number of hydrogen-bond acceptors (Lipinski definition) is 4. The number of nitrogens with zero attached hydrogens (tertiary/aromatic N) is 5. The lowest BCUT2D eigenvalue weighted by atomic mass is 10.0. The molecule has 1 aromatic carbocycles. The van der Waals surface area contributed by atoms with Gasteiger partial charge in [0.05, 0.1) is 11.7 Å². The fraction of sp³-hybridized carbons (Fsp3) is 0.160. The maximum atomic E-state index is 5.85. The molecule has 6 nitrogen and oxygen atoms in total. The molecule has 1 fully saturated rings. The third kappa shape index (κ3) is 3.61. The third-order valence-corrected chi connectivity index (χ3v) is 6.04. The molecule has 4 heterocycles. The summed E-state index contributed by atoms with van der Waals surface area (Å²) in [5, 5.41) is 4.20. The number of pyridine rings is 2. The average molecular weight is 441 g/mol. The molecule has 1 aliphatic rings. The molecule has 160 valence electrons. The number of thiocarbonyl (C=S) groups is 1. The third-order valence-electron chi connectivity index (χ3n) is 5.72. The number of hydrogen-bond donors (Lipinski definition) is 1. The van der Waals surface area contributed by atoms with Crippen molar-refractivity contribution in [1.82, 2.24) is 19.9 Å². The van der Waals surface area contributed by atoms with E-state index in [1.165, 1.54) is 0 Å². The Bertz CT molecular complexity index is 1200. The van der Waals surface area contributed by atoms with Crippen molar-refractivity contribution in [3.05, 3.63) is 103 Å². The summed E-state index contributed by atoms with van der Waals surface area (Å²) in [6.45, 7) is 0. The summed E-state index contributed by atoms with van der Waals surface area (Å²) in [6, 6.07) is 24.4. The summed E-state index contributed by atoms with van der Waals surface area (Å²) in [7, 11) is 4.08. The fourth-order valence-corrected chi connectivity index (χ4v) is 4.53. The van der Waals surface area contributed by atoms with Gasteiger partial charge in [-0.15, -0.1) is 0 Å². The first-order valence-electron chi connectivity index (χ1n) is 10.5. The van der Waals surface area contributed by atoms with Crippen LogP contribution in [-0.2, 0) is 0 Å². The summed E-state index contributed by atoms with van der Waals surface area (Å²) in [4.78, 5) is 13.5. The lowest BCUT2D eigenvalue weighted by molar-refractivity contribution is 0.548. The van der Waals surface area contributed by atoms with Crippen LogP contribution >= 0.6 is 12.2 Å². The van der Waals surface area contributed by atoms with Gasteiger partial charge in [0.25, 0.3) is 0 Å². The molecule has 0 saturated carbocycles. The van der Waals surface area contributed by atoms with Crippen LogP contribution in [0.5, 0.6) is 0 Å². The zero-order chi connectivity index (χ0) is 22.1. The first-order valence-corrected chi connectivity index (χ1v) is 10.9. The SMILES string of the molecule is CN(C)c1ccc(N2C(=S)N[C@@H](c3ccccn3)[C@H]2c2cccn2-c2ccccn2)cc1. The standard InChI is InChI=1S/C25H24N6S/c1-29(2)18-11-13-19(14-12-18)31-24(23(28-25(31)32)20-8-3-5-15-26-20)21-9-7-17-30(21)22-10-4-6-16-27-22/h3-17,23-24H,1-2H3,(H,28,32)/t23-,24+/m0/s1. The van der Waals surface area contributed by atoms with Crippen LogP contribution in [0.25, 0.3) is 5.82 Å². The number of aromatic nitrogens is 3. The maximum Gasteiger partial charge on any atom is 0.174 e. The molecule has 0 aliphatic carbocycles. The molecular weight excluding hydrogens is 416 g/mol. The predicted octanol–water partition coefficient (Wildman–Crippen LogP) is 4.51. The van der Waals surface area contributed by atoms with Crippen molar-refractivity contribution in [2.45, 2.75) is 12.1 Å². The van der Waals surface area contributed by atoms with Gasteiger partial charge < -0.3 is 19.7 Å². The molecule has 5 rings (SSSR count). The maximum absolute atomic E-state index is 5.85. The van der Waals surface area contributed by atoms with E-state index in [-0.39, 0.29) is 12.1 Å². The molecule has 2 atom stereocenters. The van der Waals surface area contributed by atoms with E-state index in [1.807, 2.05) is 75.2 Å². The van der Waals surface area contributed by atoms with Crippen LogP contribution in [0.3, 0.4) is 0 Å². The molecule has 4 aromatic rings. The highest BCUT2D eigenvalue weighted by atomic mass is 32.1. The Kier molecular flexibility index (Phi) is 5.33. The van der Waals surface area contributed by atoms with E-state index >= 15 is 0 Å². The van der Waals surface area contributed by atoms with E-state index in [2.05, 4.69) is 60.0 Å². The second kappa shape index (κ2) is 8.43. The van der Waals surface area contributed by atoms with Crippen molar-refractivity contribution in [2.24, 2.45) is 0 Å². The number of nitrogens with one attached hydrogen (secondary N) is 1. The highest BCUT2D eigenvalue weighted by molar-refractivity contribution is 7.80. The van der Waals surface area contributed by atoms with Gasteiger partial charge in [-0.3, -0.25) is 4.98 Å². The number of anilines is 2. The second-order valence-corrected chi connectivity index (χ2v) is 8.29. The lowest BCUT2D eigenvalue weighted by Gasteiger charge is -2.29. The van der Waals surface area contributed by atoms with Crippen molar-refractivity contribution in [3.8, 4) is 5.82 Å². The van der Waals surface area contributed by atoms with Gasteiger partial charge in [0.1, 0.15) is 11.9 Å². The van der Waals surface area contributed by atoms with Crippen LogP contribution in [0.15, 0.2) is 91.4 Å². The van der Waals surface area contributed by atoms with Crippen molar-refractivity contribution in [3.63, 3.8) is 0 Å². The minimum Gasteiger partial charge on any atom is -0.378 e. The Morgan fingerprint density at radius 1 is 0.875 bits per heavy atom. The zero-order valence-electron chi connectivity index (χ0n) is 18.0. The Morgan fingerprint density at radius 3 is 2.28 bits per heavy atom. The van der Waals surface area contributed by atoms with E-state index < -0.39 is 0 Å². The highest BCUT2D eigenvalue weighted by Gasteiger charge is 2.42. The topological polar surface area (TPSA) is 49.2 Å². The molecule has 32 heavy (non-hydrogen) atoms. The van der Waals surface area contributed by atoms with Crippen molar-refractivity contribution in [2.75, 3.05) is 23.9 Å². The predicted molar refractivity (Wildman–Crippen MR) is 132 cm³/mol. The lowest BCUT2D eigenvalue weighted by Crippen LogP contribution is -2.30. The molecule has 1 N–H and O–H groups in total. The van der Waals surface area contributed by atoms with Crippen LogP contribution in [0, 0.1) is 0 Å². The summed E-state index contributed by atoms with van der Waals surface area (Å²) in [5.41, 5.74) is 4.20. The van der Waals surface area contributed by atoms with Gasteiger partial charge in [-0.1, -0.05) is 12.1 Å². The first kappa shape index (κ1) is 20.2. The van der Waals surface area contributed by atoms with E-state index in [0.717, 1.165) is 28.6 Å². The van der Waals surface area contributed by atoms with Crippen molar-refractivity contribution >= 4 is 28.7 Å². The van der Waals surface area contributed by atoms with Crippen molar-refractivity contribution in [1.29, 1.82) is 0 Å². The minimum atomic E-state index is -0.102. The molecule has 7 heteroatoms. The smallest absolute Gasteiger partial charge is 0.174 e. The molecule has 1 saturated heterocycles. The Hall–Kier alpha value is -3.71. The molecule has 0 spiro atoms. The van der Waals surface area contributed by atoms with Gasteiger partial charge in [0.15, 0.2) is 5.11 Å². The fourth-order valence-electron chi connectivity index (χ4n) is 4.18. The summed E-state index contributed by atoms with van der Waals surface area (Å²) >= 11 is 5.85. The van der Waals surface area contributed by atoms with E-state index in [0.29, 0.717) is 5.11 Å². The van der Waals surface area contributed by atoms with E-state index in [4.69, 9.17) is 12.2 Å². The van der Waals surface area contributed by atoms with Crippen molar-refractivity contribution < 1.29 is 0 Å². The van der Waals surface area contributed by atoms with Gasteiger partial charge >= 0.3 is 0 Å². The quantitative estimate of drug-likeness (QED) is 0.461. The number of rotatable bonds is 5. The molecule has 0 bridgehead atoms. The van der Waals surface area contributed by atoms with Gasteiger partial charge in [-0.2, -0.15) is 0 Å². The second-order valence-electron chi connectivity index (χ2n) is 7.90. The van der Waals surface area contributed by atoms with Gasteiger partial charge in [0.2, 0.25) is 0 Å². The Balaban J connectivity index is 1.64. The molecule has 0 unspecified atom stereocenters. The highest BCUT2D eigenvalue weighted by Crippen LogP contribution is 2.42. The van der Waals surface area contributed by atoms with Gasteiger partial charge in [0, 0.05) is 49.8 Å². The Labute approximate surface area is 193 Å². The van der Waals surface area contributed by atoms with Crippen LogP contribution in [0.2, 0.25) is 0 Å². The largest absolute Gasteiger partial charge is 0.378 e. The minimum absolute atomic E-state index is 0.0976. The molecule has 3 aromatic heterocycles. The summed E-state index contributed by atoms with van der Waals surface area (Å²) < 4.78 is 2.12.